The van der Waals surface area contributed by atoms with Gasteiger partial charge in [-0.25, -0.2) is 19.2 Å². The molecule has 0 bridgehead atoms. The fraction of sp³-hybridized carbons (Fsp3) is 0.571. The maximum atomic E-state index is 9.60. The van der Waals surface area contributed by atoms with Gasteiger partial charge in [0.2, 0.25) is 0 Å². The van der Waals surface area contributed by atoms with Crippen LogP contribution in [-0.2, 0) is 28.7 Å². The highest BCUT2D eigenvalue weighted by Gasteiger charge is 1.92. The zero-order valence-corrected chi connectivity index (χ0v) is 25.3. The molecule has 0 radical (unpaired) electrons. The summed E-state index contributed by atoms with van der Waals surface area (Å²) in [5.74, 6) is -3.74. The predicted octanol–water partition coefficient (Wildman–Crippen LogP) is 2.12. The van der Waals surface area contributed by atoms with E-state index in [4.69, 9.17) is 50.3 Å². The van der Waals surface area contributed by atoms with E-state index in [0.717, 1.165) is 25.7 Å². The number of carbonyl (C=O) groups is 4. The van der Waals surface area contributed by atoms with Crippen molar-refractivity contribution < 1.29 is 69.5 Å². The van der Waals surface area contributed by atoms with Crippen molar-refractivity contribution in [3.8, 4) is 0 Å². The van der Waals surface area contributed by atoms with Gasteiger partial charge in [-0.3, -0.25) is 0 Å². The van der Waals surface area contributed by atoms with Gasteiger partial charge in [-0.2, -0.15) is 0 Å². The monoisotopic (exact) mass is 612 g/mol. The highest BCUT2D eigenvalue weighted by molar-refractivity contribution is 5.85. The Kier molecular flexibility index (Phi) is 51.4. The van der Waals surface area contributed by atoms with Crippen molar-refractivity contribution in [1.29, 1.82) is 0 Å². The molecule has 0 spiro atoms. The van der Waals surface area contributed by atoms with Crippen LogP contribution in [0.2, 0.25) is 0 Å². The van der Waals surface area contributed by atoms with E-state index in [1.165, 1.54) is 27.7 Å². The van der Waals surface area contributed by atoms with Gasteiger partial charge in [-0.15, -0.1) is 0 Å². The molecular weight excluding hydrogens is 560 g/mol. The third-order valence-corrected chi connectivity index (χ3v) is 3.37. The normalized spacial score (nSPS) is 8.57. The fourth-order valence-corrected chi connectivity index (χ4v) is 1.03. The molecule has 0 aliphatic carbocycles. The average Bonchev–Trinajstić information content (AvgIpc) is 2.90. The third-order valence-electron chi connectivity index (χ3n) is 3.37. The van der Waals surface area contributed by atoms with Gasteiger partial charge in [0.25, 0.3) is 0 Å². The highest BCUT2D eigenvalue weighted by atomic mass is 16.5. The van der Waals surface area contributed by atoms with Crippen molar-refractivity contribution in [3.63, 3.8) is 0 Å². The smallest absolute Gasteiger partial charge is 0.330 e. The zero-order valence-electron chi connectivity index (χ0n) is 25.3. The first-order chi connectivity index (χ1) is 19.4. The lowest BCUT2D eigenvalue weighted by Gasteiger charge is -2.01. The second-order valence-electron chi connectivity index (χ2n) is 7.88. The lowest BCUT2D eigenvalue weighted by atomic mass is 10.2. The van der Waals surface area contributed by atoms with E-state index in [0.29, 0.717) is 26.4 Å². The van der Waals surface area contributed by atoms with Gasteiger partial charge >= 0.3 is 23.9 Å². The van der Waals surface area contributed by atoms with Crippen molar-refractivity contribution >= 4 is 23.9 Å². The number of unbranched alkanes of at least 4 members (excludes halogenated alkanes) is 3. The van der Waals surface area contributed by atoms with Gasteiger partial charge in [-0.05, 0) is 40.5 Å². The van der Waals surface area contributed by atoms with E-state index in [2.05, 4.69) is 26.3 Å². The van der Waals surface area contributed by atoms with E-state index in [9.17, 15) is 19.2 Å². The number of aliphatic carboxylic acids is 4. The van der Waals surface area contributed by atoms with Crippen LogP contribution in [0.4, 0.5) is 0 Å². The molecule has 0 aromatic heterocycles. The third kappa shape index (κ3) is 76.6. The van der Waals surface area contributed by atoms with Crippen LogP contribution in [0.1, 0.15) is 53.4 Å². The Balaban J connectivity index is -0.0000000938. The average molecular weight is 613 g/mol. The Labute approximate surface area is 248 Å². The minimum absolute atomic E-state index is 0.0417. The van der Waals surface area contributed by atoms with Crippen molar-refractivity contribution in [2.24, 2.45) is 0 Å². The number of rotatable bonds is 16. The predicted molar refractivity (Wildman–Crippen MR) is 158 cm³/mol. The van der Waals surface area contributed by atoms with Crippen LogP contribution in [0.5, 0.6) is 0 Å². The molecule has 0 fully saturated rings. The second-order valence-corrected chi connectivity index (χ2v) is 7.88. The van der Waals surface area contributed by atoms with Crippen LogP contribution in [-0.4, -0.2) is 118 Å². The van der Waals surface area contributed by atoms with E-state index in [1.54, 1.807) is 0 Å². The van der Waals surface area contributed by atoms with Crippen LogP contribution in [0.15, 0.2) is 48.6 Å². The summed E-state index contributed by atoms with van der Waals surface area (Å²) in [6.07, 6.45) is 3.83. The quantitative estimate of drug-likeness (QED) is 0.0919. The standard InChI is InChI=1S/C6H14O4.C6H14O2.4C4H6O2/c7-1-3-9-5-6-10-4-2-8;7-5-3-1-2-4-6-8;4*1-3(2)4(5)6/h7-8H,1-6H2;7-8H,1-6H2;4*1H2,2H3,(H,5,6). The maximum Gasteiger partial charge on any atom is 0.330 e. The summed E-state index contributed by atoms with van der Waals surface area (Å²) in [7, 11) is 0. The minimum atomic E-state index is -0.935. The molecule has 42 heavy (non-hydrogen) atoms. The molecule has 0 rings (SSSR count). The summed E-state index contributed by atoms with van der Waals surface area (Å²) >= 11 is 0. The Bertz CT molecular complexity index is 587. The lowest BCUT2D eigenvalue weighted by Crippen LogP contribution is -2.09. The zero-order chi connectivity index (χ0) is 34.5. The van der Waals surface area contributed by atoms with Crippen molar-refractivity contribution in [3.05, 3.63) is 48.6 Å². The summed E-state index contributed by atoms with van der Waals surface area (Å²) in [6, 6.07) is 0. The molecule has 8 N–H and O–H groups in total. The number of hydrogen-bond donors (Lipinski definition) is 8. The lowest BCUT2D eigenvalue weighted by molar-refractivity contribution is -0.133. The van der Waals surface area contributed by atoms with Crippen LogP contribution < -0.4 is 0 Å². The van der Waals surface area contributed by atoms with Crippen LogP contribution in [0, 0.1) is 0 Å². The van der Waals surface area contributed by atoms with Crippen LogP contribution >= 0.6 is 0 Å². The SMILES string of the molecule is C=C(C)C(=O)O.C=C(C)C(=O)O.C=C(C)C(=O)O.C=C(C)C(=O)O.OCCCCCCO.OCCOCCOCCO. The Morgan fingerprint density at radius 2 is 0.619 bits per heavy atom. The topological polar surface area (TPSA) is 249 Å². The van der Waals surface area contributed by atoms with Gasteiger partial charge < -0.3 is 50.3 Å². The number of carboxylic acid groups (broad SMARTS) is 4. The summed E-state index contributed by atoms with van der Waals surface area (Å²) in [4.78, 5) is 38.4. The molecule has 0 saturated heterocycles. The van der Waals surface area contributed by atoms with E-state index >= 15 is 0 Å². The first kappa shape index (κ1) is 51.3. The fourth-order valence-electron chi connectivity index (χ4n) is 1.03. The van der Waals surface area contributed by atoms with Gasteiger partial charge in [0, 0.05) is 35.5 Å². The van der Waals surface area contributed by atoms with Gasteiger partial charge in [-0.1, -0.05) is 39.2 Å². The number of carboxylic acids is 4. The molecule has 0 aromatic carbocycles. The number of aliphatic hydroxyl groups is 4. The molecule has 248 valence electrons. The Morgan fingerprint density at radius 1 is 0.429 bits per heavy atom. The number of ether oxygens (including phenoxy) is 2. The molecule has 14 heteroatoms. The van der Waals surface area contributed by atoms with E-state index < -0.39 is 23.9 Å². The molecule has 0 heterocycles. The Hall–Kier alpha value is -3.40. The van der Waals surface area contributed by atoms with Crippen molar-refractivity contribution in [2.75, 3.05) is 52.9 Å². The number of hydrogen-bond acceptors (Lipinski definition) is 10. The van der Waals surface area contributed by atoms with E-state index in [-0.39, 0.29) is 48.7 Å². The molecule has 0 atom stereocenters. The van der Waals surface area contributed by atoms with Gasteiger partial charge in [0.15, 0.2) is 0 Å². The number of aliphatic hydroxyl groups excluding tert-OH is 4. The second kappa shape index (κ2) is 42.1. The first-order valence-electron chi connectivity index (χ1n) is 12.5. The molecule has 0 aliphatic heterocycles. The van der Waals surface area contributed by atoms with E-state index in [1.807, 2.05) is 0 Å². The van der Waals surface area contributed by atoms with Crippen molar-refractivity contribution in [1.82, 2.24) is 0 Å². The van der Waals surface area contributed by atoms with Gasteiger partial charge in [0.1, 0.15) is 0 Å². The molecule has 0 aliphatic rings. The molecule has 14 nitrogen and oxygen atoms in total. The largest absolute Gasteiger partial charge is 0.478 e. The molecule has 0 amide bonds. The summed E-state index contributed by atoms with van der Waals surface area (Å²) in [5, 5.41) is 64.7. The van der Waals surface area contributed by atoms with Crippen molar-refractivity contribution in [2.45, 2.75) is 53.4 Å². The van der Waals surface area contributed by atoms with Gasteiger partial charge in [0.05, 0.1) is 39.6 Å². The highest BCUT2D eigenvalue weighted by Crippen LogP contribution is 1.96. The summed E-state index contributed by atoms with van der Waals surface area (Å²) in [6.45, 7) is 20.7. The van der Waals surface area contributed by atoms with Crippen LogP contribution in [0.25, 0.3) is 0 Å². The molecular formula is C28H52O14. The van der Waals surface area contributed by atoms with Crippen LogP contribution in [0.3, 0.4) is 0 Å². The minimum Gasteiger partial charge on any atom is -0.478 e. The Morgan fingerprint density at radius 3 is 0.738 bits per heavy atom. The molecule has 0 saturated carbocycles. The molecule has 0 unspecified atom stereocenters. The summed E-state index contributed by atoms with van der Waals surface area (Å²) < 4.78 is 9.75. The molecule has 0 aromatic rings. The first-order valence-corrected chi connectivity index (χ1v) is 12.5. The summed E-state index contributed by atoms with van der Waals surface area (Å²) in [5.41, 5.74) is 0.704. The maximum absolute atomic E-state index is 9.60.